The van der Waals surface area contributed by atoms with Crippen LogP contribution in [-0.2, 0) is 0 Å². The van der Waals surface area contributed by atoms with Gasteiger partial charge in [-0.1, -0.05) is 42.5 Å². The molecule has 0 fully saturated rings. The molecule has 21 heavy (non-hydrogen) atoms. The first-order chi connectivity index (χ1) is 10.1. The van der Waals surface area contributed by atoms with Crippen LogP contribution in [0.2, 0.25) is 0 Å². The summed E-state index contributed by atoms with van der Waals surface area (Å²) in [5, 5.41) is 5.81. The number of hydrogen-bond acceptors (Lipinski definition) is 3. The molecule has 0 amide bonds. The predicted molar refractivity (Wildman–Crippen MR) is 85.7 cm³/mol. The summed E-state index contributed by atoms with van der Waals surface area (Å²) in [5.41, 5.74) is 1.66. The Morgan fingerprint density at radius 1 is 1.05 bits per heavy atom. The molecule has 3 rings (SSSR count). The highest BCUT2D eigenvalue weighted by atomic mass is 16.4. The van der Waals surface area contributed by atoms with Crippen molar-refractivity contribution < 1.29 is 4.42 Å². The molecule has 0 saturated heterocycles. The number of benzene rings is 2. The summed E-state index contributed by atoms with van der Waals surface area (Å²) >= 11 is 0. The molecule has 1 N–H and O–H groups in total. The van der Waals surface area contributed by atoms with E-state index in [4.69, 9.17) is 4.42 Å². The van der Waals surface area contributed by atoms with Gasteiger partial charge in [0.05, 0.1) is 0 Å². The molecule has 1 atom stereocenters. The lowest BCUT2D eigenvalue weighted by atomic mass is 9.99. The molecule has 0 bridgehead atoms. The van der Waals surface area contributed by atoms with Gasteiger partial charge in [-0.2, -0.15) is 0 Å². The molecule has 0 aliphatic rings. The van der Waals surface area contributed by atoms with Gasteiger partial charge in [0, 0.05) is 17.8 Å². The van der Waals surface area contributed by atoms with Crippen LogP contribution in [0.1, 0.15) is 24.3 Å². The molecule has 3 aromatic rings. The molecule has 1 heterocycles. The van der Waals surface area contributed by atoms with Gasteiger partial charge in [0.1, 0.15) is 5.76 Å². The average molecular weight is 279 g/mol. The van der Waals surface area contributed by atoms with Crippen molar-refractivity contribution in [2.24, 2.45) is 0 Å². The number of fused-ring (bicyclic) bond motifs is 1. The Hall–Kier alpha value is -2.55. The largest absolute Gasteiger partial charge is 0.428 e. The number of hydrogen-bond donors (Lipinski definition) is 1. The Morgan fingerprint density at radius 2 is 1.81 bits per heavy atom. The smallest absolute Gasteiger partial charge is 0.337 e. The quantitative estimate of drug-likeness (QED) is 0.778. The Labute approximate surface area is 123 Å². The van der Waals surface area contributed by atoms with Crippen molar-refractivity contribution in [3.8, 4) is 0 Å². The fourth-order valence-electron chi connectivity index (χ4n) is 2.64. The van der Waals surface area contributed by atoms with E-state index in [-0.39, 0.29) is 11.7 Å². The molecule has 0 spiro atoms. The molecular weight excluding hydrogens is 262 g/mol. The maximum atomic E-state index is 11.4. The zero-order valence-corrected chi connectivity index (χ0v) is 12.1. The standard InChI is InChI=1S/C18H17NO2/c1-12-10-15(11-18(20)21-12)19-13(2)16-9-5-7-14-6-3-4-8-17(14)16/h3-11,13,19H,1-2H3/t13-/m1/s1. The van der Waals surface area contributed by atoms with Crippen LogP contribution in [0, 0.1) is 6.92 Å². The summed E-state index contributed by atoms with van der Waals surface area (Å²) in [6.45, 7) is 3.86. The minimum Gasteiger partial charge on any atom is -0.428 e. The minimum absolute atomic E-state index is 0.0947. The zero-order chi connectivity index (χ0) is 14.8. The lowest BCUT2D eigenvalue weighted by molar-refractivity contribution is 0.481. The first kappa shape index (κ1) is 13.4. The molecule has 0 saturated carbocycles. The van der Waals surface area contributed by atoms with Crippen LogP contribution in [0.5, 0.6) is 0 Å². The Balaban J connectivity index is 1.97. The average Bonchev–Trinajstić information content (AvgIpc) is 2.45. The maximum absolute atomic E-state index is 11.4. The third kappa shape index (κ3) is 2.82. The second-order valence-electron chi connectivity index (χ2n) is 5.21. The summed E-state index contributed by atoms with van der Waals surface area (Å²) in [6.07, 6.45) is 0. The lowest BCUT2D eigenvalue weighted by Crippen LogP contribution is -2.09. The van der Waals surface area contributed by atoms with Crippen molar-refractivity contribution in [3.63, 3.8) is 0 Å². The highest BCUT2D eigenvalue weighted by molar-refractivity contribution is 5.86. The molecule has 106 valence electrons. The van der Waals surface area contributed by atoms with Crippen molar-refractivity contribution in [1.29, 1.82) is 0 Å². The molecule has 2 aromatic carbocycles. The third-order valence-electron chi connectivity index (χ3n) is 3.57. The summed E-state index contributed by atoms with van der Waals surface area (Å²) in [4.78, 5) is 11.4. The lowest BCUT2D eigenvalue weighted by Gasteiger charge is -2.17. The van der Waals surface area contributed by atoms with Gasteiger partial charge in [0.25, 0.3) is 0 Å². The number of rotatable bonds is 3. The third-order valence-corrected chi connectivity index (χ3v) is 3.57. The molecule has 3 heteroatoms. The van der Waals surface area contributed by atoms with E-state index in [2.05, 4.69) is 42.6 Å². The van der Waals surface area contributed by atoms with E-state index in [1.807, 2.05) is 18.2 Å². The van der Waals surface area contributed by atoms with Gasteiger partial charge in [-0.15, -0.1) is 0 Å². The summed E-state index contributed by atoms with van der Waals surface area (Å²) in [5.74, 6) is 0.607. The van der Waals surface area contributed by atoms with E-state index in [0.29, 0.717) is 5.76 Å². The van der Waals surface area contributed by atoms with Crippen molar-refractivity contribution in [2.45, 2.75) is 19.9 Å². The molecule has 0 unspecified atom stereocenters. The molecule has 0 aliphatic heterocycles. The van der Waals surface area contributed by atoms with Crippen LogP contribution < -0.4 is 10.9 Å². The highest BCUT2D eigenvalue weighted by Crippen LogP contribution is 2.26. The van der Waals surface area contributed by atoms with Crippen LogP contribution in [-0.4, -0.2) is 0 Å². The minimum atomic E-state index is -0.331. The van der Waals surface area contributed by atoms with E-state index in [9.17, 15) is 4.79 Å². The summed E-state index contributed by atoms with van der Waals surface area (Å²) in [7, 11) is 0. The van der Waals surface area contributed by atoms with Crippen LogP contribution in [0.4, 0.5) is 5.69 Å². The number of aryl methyl sites for hydroxylation is 1. The Kier molecular flexibility index (Phi) is 3.48. The summed E-state index contributed by atoms with van der Waals surface area (Å²) < 4.78 is 4.98. The Bertz CT molecular complexity index is 830. The molecule has 1 aromatic heterocycles. The maximum Gasteiger partial charge on any atom is 0.337 e. The SMILES string of the molecule is Cc1cc(N[C@H](C)c2cccc3ccccc23)cc(=O)o1. The molecule has 0 radical (unpaired) electrons. The molecule has 3 nitrogen and oxygen atoms in total. The van der Waals surface area contributed by atoms with Gasteiger partial charge < -0.3 is 9.73 Å². The second-order valence-corrected chi connectivity index (χ2v) is 5.21. The predicted octanol–water partition coefficient (Wildman–Crippen LogP) is 4.27. The van der Waals surface area contributed by atoms with E-state index in [1.165, 1.54) is 22.4 Å². The van der Waals surface area contributed by atoms with Gasteiger partial charge >= 0.3 is 5.63 Å². The van der Waals surface area contributed by atoms with Gasteiger partial charge in [-0.25, -0.2) is 4.79 Å². The Morgan fingerprint density at radius 3 is 2.62 bits per heavy atom. The zero-order valence-electron chi connectivity index (χ0n) is 12.1. The van der Waals surface area contributed by atoms with Crippen LogP contribution >= 0.6 is 0 Å². The van der Waals surface area contributed by atoms with Gasteiger partial charge in [0.15, 0.2) is 0 Å². The van der Waals surface area contributed by atoms with Crippen LogP contribution in [0.25, 0.3) is 10.8 Å². The van der Waals surface area contributed by atoms with E-state index < -0.39 is 0 Å². The van der Waals surface area contributed by atoms with Crippen LogP contribution in [0.15, 0.2) is 63.8 Å². The fourth-order valence-corrected chi connectivity index (χ4v) is 2.64. The van der Waals surface area contributed by atoms with E-state index in [1.54, 1.807) is 6.92 Å². The topological polar surface area (TPSA) is 42.2 Å². The number of nitrogens with one attached hydrogen (secondary N) is 1. The molecular formula is C18H17NO2. The monoisotopic (exact) mass is 279 g/mol. The first-order valence-electron chi connectivity index (χ1n) is 6.99. The van der Waals surface area contributed by atoms with Crippen molar-refractivity contribution >= 4 is 16.5 Å². The van der Waals surface area contributed by atoms with E-state index >= 15 is 0 Å². The fraction of sp³-hybridized carbons (Fsp3) is 0.167. The first-order valence-corrected chi connectivity index (χ1v) is 6.99. The highest BCUT2D eigenvalue weighted by Gasteiger charge is 2.09. The van der Waals surface area contributed by atoms with Crippen LogP contribution in [0.3, 0.4) is 0 Å². The number of anilines is 1. The van der Waals surface area contributed by atoms with Crippen molar-refractivity contribution in [2.75, 3.05) is 5.32 Å². The van der Waals surface area contributed by atoms with Gasteiger partial charge in [-0.05, 0) is 36.2 Å². The van der Waals surface area contributed by atoms with E-state index in [0.717, 1.165) is 5.69 Å². The van der Waals surface area contributed by atoms with Gasteiger partial charge in [-0.3, -0.25) is 0 Å². The molecule has 0 aliphatic carbocycles. The van der Waals surface area contributed by atoms with Crippen molar-refractivity contribution in [1.82, 2.24) is 0 Å². The summed E-state index contributed by atoms with van der Waals surface area (Å²) in [6, 6.07) is 18.0. The van der Waals surface area contributed by atoms with Crippen molar-refractivity contribution in [3.05, 3.63) is 76.3 Å². The van der Waals surface area contributed by atoms with Gasteiger partial charge in [0.2, 0.25) is 0 Å². The second kappa shape index (κ2) is 5.44. The normalized spacial score (nSPS) is 12.3.